The van der Waals surface area contributed by atoms with Crippen molar-refractivity contribution in [2.75, 3.05) is 5.32 Å². The molecule has 6 nitrogen and oxygen atoms in total. The number of hydrogen-bond acceptors (Lipinski definition) is 4. The fourth-order valence-corrected chi connectivity index (χ4v) is 6.38. The fraction of sp³-hybridized carbons (Fsp3) is 0.304. The van der Waals surface area contributed by atoms with E-state index >= 15 is 0 Å². The van der Waals surface area contributed by atoms with E-state index in [4.69, 9.17) is 11.6 Å². The molecule has 9 heteroatoms. The van der Waals surface area contributed by atoms with E-state index in [1.807, 2.05) is 12.1 Å². The van der Waals surface area contributed by atoms with Gasteiger partial charge in [-0.1, -0.05) is 36.6 Å². The van der Waals surface area contributed by atoms with Gasteiger partial charge in [0, 0.05) is 10.6 Å². The van der Waals surface area contributed by atoms with Crippen molar-refractivity contribution in [3.63, 3.8) is 0 Å². The highest BCUT2D eigenvalue weighted by Crippen LogP contribution is 2.43. The summed E-state index contributed by atoms with van der Waals surface area (Å²) in [4.78, 5) is 13.7. The Labute approximate surface area is 190 Å². The number of anilines is 1. The van der Waals surface area contributed by atoms with Crippen LogP contribution in [0.15, 0.2) is 48.5 Å². The van der Waals surface area contributed by atoms with Crippen LogP contribution in [0.2, 0.25) is 5.02 Å². The van der Waals surface area contributed by atoms with Crippen molar-refractivity contribution >= 4 is 33.2 Å². The molecule has 0 unspecified atom stereocenters. The first-order valence-electron chi connectivity index (χ1n) is 10.4. The summed E-state index contributed by atoms with van der Waals surface area (Å²) in [5, 5.41) is 8.06. The quantitative estimate of drug-likeness (QED) is 0.603. The van der Waals surface area contributed by atoms with Gasteiger partial charge in [-0.05, 0) is 54.8 Å². The third kappa shape index (κ3) is 3.61. The zero-order valence-corrected chi connectivity index (χ0v) is 18.7. The molecule has 32 heavy (non-hydrogen) atoms. The third-order valence-corrected chi connectivity index (χ3v) is 8.07. The van der Waals surface area contributed by atoms with Gasteiger partial charge in [-0.2, -0.15) is 5.10 Å². The molecule has 1 saturated carbocycles. The van der Waals surface area contributed by atoms with Crippen LogP contribution in [0.25, 0.3) is 5.69 Å². The summed E-state index contributed by atoms with van der Waals surface area (Å²) in [7, 11) is -3.32. The molecule has 1 aliphatic carbocycles. The minimum atomic E-state index is -3.32. The molecule has 1 fully saturated rings. The Morgan fingerprint density at radius 2 is 1.69 bits per heavy atom. The lowest BCUT2D eigenvalue weighted by molar-refractivity contribution is -0.121. The monoisotopic (exact) mass is 473 g/mol. The van der Waals surface area contributed by atoms with E-state index in [1.54, 1.807) is 24.3 Å². The highest BCUT2D eigenvalue weighted by atomic mass is 35.5. The Bertz CT molecular complexity index is 1300. The van der Waals surface area contributed by atoms with Crippen LogP contribution < -0.4 is 5.32 Å². The topological polar surface area (TPSA) is 81.1 Å². The molecule has 0 bridgehead atoms. The minimum Gasteiger partial charge on any atom is -0.310 e. The SMILES string of the molecule is O=C(Nc1c2c(nn1-c1ccc(F)cc1)CS(=O)(=O)C2)C1(c2ccc(Cl)cc2)CCCC1. The second kappa shape index (κ2) is 7.71. The average Bonchev–Trinajstić information content (AvgIpc) is 3.44. The maximum absolute atomic E-state index is 13.7. The van der Waals surface area contributed by atoms with Crippen molar-refractivity contribution in [3.8, 4) is 5.69 Å². The summed E-state index contributed by atoms with van der Waals surface area (Å²) in [5.74, 6) is -0.630. The molecule has 2 heterocycles. The zero-order chi connectivity index (χ0) is 22.5. The van der Waals surface area contributed by atoms with E-state index in [2.05, 4.69) is 10.4 Å². The van der Waals surface area contributed by atoms with E-state index in [1.165, 1.54) is 16.8 Å². The van der Waals surface area contributed by atoms with Crippen LogP contribution in [0.5, 0.6) is 0 Å². The number of nitrogens with one attached hydrogen (secondary N) is 1. The molecule has 1 aliphatic heterocycles. The first-order valence-corrected chi connectivity index (χ1v) is 12.6. The Morgan fingerprint density at radius 1 is 1.03 bits per heavy atom. The van der Waals surface area contributed by atoms with Crippen molar-refractivity contribution in [2.45, 2.75) is 42.6 Å². The van der Waals surface area contributed by atoms with Crippen molar-refractivity contribution in [3.05, 3.63) is 76.2 Å². The number of sulfone groups is 1. The Morgan fingerprint density at radius 3 is 2.34 bits per heavy atom. The van der Waals surface area contributed by atoms with Crippen LogP contribution in [0.3, 0.4) is 0 Å². The normalized spacial score (nSPS) is 18.4. The van der Waals surface area contributed by atoms with E-state index in [0.717, 1.165) is 18.4 Å². The van der Waals surface area contributed by atoms with Crippen molar-refractivity contribution in [1.29, 1.82) is 0 Å². The molecule has 1 N–H and O–H groups in total. The number of rotatable bonds is 4. The molecule has 0 saturated heterocycles. The van der Waals surface area contributed by atoms with Crippen LogP contribution in [0.1, 0.15) is 42.5 Å². The minimum absolute atomic E-state index is 0.179. The van der Waals surface area contributed by atoms with Crippen molar-refractivity contribution < 1.29 is 17.6 Å². The predicted molar refractivity (Wildman–Crippen MR) is 120 cm³/mol. The van der Waals surface area contributed by atoms with Crippen LogP contribution in [-0.4, -0.2) is 24.1 Å². The fourth-order valence-electron chi connectivity index (χ4n) is 4.76. The van der Waals surface area contributed by atoms with E-state index in [0.29, 0.717) is 40.6 Å². The molecule has 0 radical (unpaired) electrons. The number of carbonyl (C=O) groups is 1. The Hall–Kier alpha value is -2.71. The summed E-state index contributed by atoms with van der Waals surface area (Å²) in [6, 6.07) is 13.0. The van der Waals surface area contributed by atoms with Gasteiger partial charge in [0.25, 0.3) is 0 Å². The second-order valence-corrected chi connectivity index (χ2v) is 10.9. The number of hydrogen-bond donors (Lipinski definition) is 1. The van der Waals surface area contributed by atoms with Gasteiger partial charge in [0.2, 0.25) is 5.91 Å². The molecule has 1 amide bonds. The summed E-state index contributed by atoms with van der Waals surface area (Å²) in [6.07, 6.45) is 3.21. The van der Waals surface area contributed by atoms with Gasteiger partial charge in [-0.15, -0.1) is 0 Å². The highest BCUT2D eigenvalue weighted by molar-refractivity contribution is 7.90. The number of fused-ring (bicyclic) bond motifs is 1. The zero-order valence-electron chi connectivity index (χ0n) is 17.1. The lowest BCUT2D eigenvalue weighted by atomic mass is 9.78. The molecule has 1 aromatic heterocycles. The lowest BCUT2D eigenvalue weighted by Crippen LogP contribution is -2.38. The van der Waals surface area contributed by atoms with Crippen LogP contribution in [0, 0.1) is 5.82 Å². The first kappa shape index (κ1) is 21.2. The van der Waals surface area contributed by atoms with Crippen LogP contribution >= 0.6 is 11.6 Å². The van der Waals surface area contributed by atoms with Gasteiger partial charge in [-0.3, -0.25) is 4.79 Å². The number of carbonyl (C=O) groups excluding carboxylic acids is 1. The molecule has 0 spiro atoms. The summed E-state index contributed by atoms with van der Waals surface area (Å²) in [6.45, 7) is 0. The molecule has 5 rings (SSSR count). The van der Waals surface area contributed by atoms with Gasteiger partial charge in [0.15, 0.2) is 9.84 Å². The number of amides is 1. The van der Waals surface area contributed by atoms with Crippen molar-refractivity contribution in [2.24, 2.45) is 0 Å². The van der Waals surface area contributed by atoms with Crippen LogP contribution in [-0.2, 0) is 31.6 Å². The average molecular weight is 474 g/mol. The summed E-state index contributed by atoms with van der Waals surface area (Å²) < 4.78 is 39.4. The molecule has 2 aliphatic rings. The Kier molecular flexibility index (Phi) is 5.09. The van der Waals surface area contributed by atoms with Gasteiger partial charge in [-0.25, -0.2) is 17.5 Å². The largest absolute Gasteiger partial charge is 0.310 e. The number of nitrogens with zero attached hydrogens (tertiary/aromatic N) is 2. The maximum atomic E-state index is 13.7. The van der Waals surface area contributed by atoms with Gasteiger partial charge >= 0.3 is 0 Å². The summed E-state index contributed by atoms with van der Waals surface area (Å²) >= 11 is 6.05. The molecular formula is C23H21ClFN3O3S. The highest BCUT2D eigenvalue weighted by Gasteiger charge is 2.44. The first-order chi connectivity index (χ1) is 15.3. The standard InChI is InChI=1S/C23H21ClFN3O3S/c24-16-5-3-15(4-6-16)23(11-1-2-12-23)22(29)26-21-19-13-32(30,31)14-20(19)27-28(21)18-9-7-17(25)8-10-18/h3-10H,1-2,11-14H2,(H,26,29). The van der Waals surface area contributed by atoms with Crippen molar-refractivity contribution in [1.82, 2.24) is 9.78 Å². The smallest absolute Gasteiger partial charge is 0.236 e. The third-order valence-electron chi connectivity index (χ3n) is 6.38. The molecule has 2 aromatic carbocycles. The number of halogens is 2. The number of benzene rings is 2. The molecule has 166 valence electrons. The Balaban J connectivity index is 1.57. The molecule has 0 atom stereocenters. The summed E-state index contributed by atoms with van der Waals surface area (Å²) in [5.41, 5.74) is 1.60. The van der Waals surface area contributed by atoms with Gasteiger partial charge in [0.1, 0.15) is 11.6 Å². The van der Waals surface area contributed by atoms with Gasteiger partial charge < -0.3 is 5.32 Å². The van der Waals surface area contributed by atoms with E-state index < -0.39 is 21.1 Å². The van der Waals surface area contributed by atoms with Crippen LogP contribution in [0.4, 0.5) is 10.2 Å². The predicted octanol–water partition coefficient (Wildman–Crippen LogP) is 4.54. The van der Waals surface area contributed by atoms with Gasteiger partial charge in [0.05, 0.1) is 28.3 Å². The van der Waals surface area contributed by atoms with E-state index in [9.17, 15) is 17.6 Å². The molecular weight excluding hydrogens is 453 g/mol. The number of aromatic nitrogens is 2. The van der Waals surface area contributed by atoms with E-state index in [-0.39, 0.29) is 17.4 Å². The second-order valence-electron chi connectivity index (χ2n) is 8.44. The molecule has 3 aromatic rings. The lowest BCUT2D eigenvalue weighted by Gasteiger charge is -2.28. The maximum Gasteiger partial charge on any atom is 0.236 e.